The number of benzene rings is 1. The third-order valence-corrected chi connectivity index (χ3v) is 4.88. The molecule has 0 bridgehead atoms. The molecule has 0 heterocycles. The molecule has 0 amide bonds. The molecule has 1 nitrogen and oxygen atoms in total. The van der Waals surface area contributed by atoms with Gasteiger partial charge >= 0.3 is 0 Å². The number of halogens is 4. The van der Waals surface area contributed by atoms with Crippen LogP contribution in [0.2, 0.25) is 19.6 Å². The topological polar surface area (TPSA) is 17.1 Å². The highest BCUT2D eigenvalue weighted by atomic mass is 79.9. The van der Waals surface area contributed by atoms with Crippen molar-refractivity contribution in [2.24, 2.45) is 0 Å². The van der Waals surface area contributed by atoms with Gasteiger partial charge in [-0.2, -0.15) is 0 Å². The van der Waals surface area contributed by atoms with E-state index in [0.717, 1.165) is 0 Å². The first-order valence-corrected chi connectivity index (χ1v) is 8.82. The first-order valence-electron chi connectivity index (χ1n) is 4.53. The molecule has 0 aliphatic carbocycles. The molecular weight excluding hydrogens is 301 g/mol. The zero-order chi connectivity index (χ0) is 12.7. The standard InChI is InChI=1S/C10H10BrF3OSi/c1-16(2,3)10-8(13)6(11)5(4-15)7(12)9(10)14/h4H,1-3H3. The zero-order valence-electron chi connectivity index (χ0n) is 9.00. The third-order valence-electron chi connectivity index (χ3n) is 2.17. The Morgan fingerprint density at radius 2 is 1.56 bits per heavy atom. The molecule has 0 spiro atoms. The molecule has 0 fully saturated rings. The van der Waals surface area contributed by atoms with Crippen molar-refractivity contribution >= 4 is 35.5 Å². The van der Waals surface area contributed by atoms with Crippen molar-refractivity contribution in [2.45, 2.75) is 19.6 Å². The van der Waals surface area contributed by atoms with E-state index in [0.29, 0.717) is 0 Å². The second kappa shape index (κ2) is 4.33. The van der Waals surface area contributed by atoms with Gasteiger partial charge in [-0.15, -0.1) is 0 Å². The van der Waals surface area contributed by atoms with Crippen molar-refractivity contribution in [3.8, 4) is 0 Å². The van der Waals surface area contributed by atoms with E-state index in [-0.39, 0.29) is 15.9 Å². The molecule has 1 aromatic carbocycles. The van der Waals surface area contributed by atoms with Crippen molar-refractivity contribution < 1.29 is 18.0 Å². The molecule has 0 radical (unpaired) electrons. The summed E-state index contributed by atoms with van der Waals surface area (Å²) in [6.45, 7) is 5.09. The second-order valence-corrected chi connectivity index (χ2v) is 10.2. The highest BCUT2D eigenvalue weighted by Crippen LogP contribution is 2.25. The van der Waals surface area contributed by atoms with Gasteiger partial charge < -0.3 is 0 Å². The molecule has 0 N–H and O–H groups in total. The largest absolute Gasteiger partial charge is 0.298 e. The van der Waals surface area contributed by atoms with Gasteiger partial charge in [-0.1, -0.05) is 19.6 Å². The van der Waals surface area contributed by atoms with Gasteiger partial charge in [-0.05, 0) is 15.9 Å². The monoisotopic (exact) mass is 310 g/mol. The maximum Gasteiger partial charge on any atom is 0.170 e. The summed E-state index contributed by atoms with van der Waals surface area (Å²) in [5, 5.41) is -0.234. The molecule has 1 aromatic rings. The number of hydrogen-bond donors (Lipinski definition) is 0. The smallest absolute Gasteiger partial charge is 0.170 e. The SMILES string of the molecule is C[Si](C)(C)c1c(F)c(F)c(C=O)c(Br)c1F. The molecule has 0 aliphatic rings. The molecular formula is C10H10BrF3OSi. The fourth-order valence-corrected chi connectivity index (χ4v) is 3.61. The Labute approximate surface area is 101 Å². The van der Waals surface area contributed by atoms with Gasteiger partial charge in [0.05, 0.1) is 18.1 Å². The summed E-state index contributed by atoms with van der Waals surface area (Å²) in [6.07, 6.45) is 0.0968. The van der Waals surface area contributed by atoms with E-state index in [2.05, 4.69) is 15.9 Å². The van der Waals surface area contributed by atoms with E-state index in [1.165, 1.54) is 0 Å². The molecule has 0 saturated heterocycles. The van der Waals surface area contributed by atoms with Crippen molar-refractivity contribution in [2.75, 3.05) is 0 Å². The summed E-state index contributed by atoms with van der Waals surface area (Å²) < 4.78 is 40.6. The first kappa shape index (κ1) is 13.4. The van der Waals surface area contributed by atoms with Gasteiger partial charge in [0.2, 0.25) is 0 Å². The summed E-state index contributed by atoms with van der Waals surface area (Å²) in [4.78, 5) is 10.5. The lowest BCUT2D eigenvalue weighted by atomic mass is 10.2. The van der Waals surface area contributed by atoms with Gasteiger partial charge in [-0.25, -0.2) is 13.2 Å². The Morgan fingerprint density at radius 3 is 1.94 bits per heavy atom. The number of hydrogen-bond acceptors (Lipinski definition) is 1. The summed E-state index contributed by atoms with van der Waals surface area (Å²) in [5.41, 5.74) is -0.614. The lowest BCUT2D eigenvalue weighted by Gasteiger charge is -2.20. The van der Waals surface area contributed by atoms with Crippen LogP contribution in [0.25, 0.3) is 0 Å². The summed E-state index contributed by atoms with van der Waals surface area (Å²) in [5.74, 6) is -3.41. The van der Waals surface area contributed by atoms with Crippen molar-refractivity contribution in [1.82, 2.24) is 0 Å². The Hall–Kier alpha value is -0.623. The Kier molecular flexibility index (Phi) is 3.64. The minimum atomic E-state index is -2.36. The number of carbonyl (C=O) groups is 1. The van der Waals surface area contributed by atoms with Crippen LogP contribution in [-0.4, -0.2) is 14.4 Å². The van der Waals surface area contributed by atoms with Gasteiger partial charge in [-0.3, -0.25) is 4.79 Å². The average molecular weight is 311 g/mol. The fraction of sp³-hybridized carbons (Fsp3) is 0.300. The van der Waals surface area contributed by atoms with Crippen molar-refractivity contribution in [3.05, 3.63) is 27.5 Å². The first-order chi connectivity index (χ1) is 7.21. The maximum absolute atomic E-state index is 13.8. The van der Waals surface area contributed by atoms with Crippen LogP contribution < -0.4 is 5.19 Å². The highest BCUT2D eigenvalue weighted by Gasteiger charge is 2.31. The van der Waals surface area contributed by atoms with E-state index in [4.69, 9.17) is 0 Å². The fourth-order valence-electron chi connectivity index (χ4n) is 1.41. The molecule has 16 heavy (non-hydrogen) atoms. The van der Waals surface area contributed by atoms with E-state index < -0.39 is 31.1 Å². The lowest BCUT2D eigenvalue weighted by molar-refractivity contribution is 0.111. The Balaban J connectivity index is 3.74. The van der Waals surface area contributed by atoms with E-state index in [1.807, 2.05) is 0 Å². The Morgan fingerprint density at radius 1 is 1.06 bits per heavy atom. The highest BCUT2D eigenvalue weighted by molar-refractivity contribution is 9.10. The van der Waals surface area contributed by atoms with Gasteiger partial charge in [0, 0.05) is 5.19 Å². The number of carbonyl (C=O) groups excluding carboxylic acids is 1. The molecule has 0 unspecified atom stereocenters. The maximum atomic E-state index is 13.8. The zero-order valence-corrected chi connectivity index (χ0v) is 11.6. The Bertz CT molecular complexity index is 425. The van der Waals surface area contributed by atoms with Gasteiger partial charge in [0.15, 0.2) is 17.9 Å². The van der Waals surface area contributed by atoms with Crippen LogP contribution in [0.15, 0.2) is 4.47 Å². The van der Waals surface area contributed by atoms with Crippen LogP contribution in [0.4, 0.5) is 13.2 Å². The van der Waals surface area contributed by atoms with E-state index >= 15 is 0 Å². The molecule has 0 saturated carbocycles. The van der Waals surface area contributed by atoms with Crippen LogP contribution in [-0.2, 0) is 0 Å². The number of rotatable bonds is 2. The lowest BCUT2D eigenvalue weighted by Crippen LogP contribution is -2.43. The summed E-state index contributed by atoms with van der Waals surface area (Å²) in [7, 11) is -2.36. The third kappa shape index (κ3) is 2.08. The van der Waals surface area contributed by atoms with Gasteiger partial charge in [0.1, 0.15) is 5.82 Å². The average Bonchev–Trinajstić information content (AvgIpc) is 2.14. The molecule has 88 valence electrons. The van der Waals surface area contributed by atoms with Crippen molar-refractivity contribution in [1.29, 1.82) is 0 Å². The van der Waals surface area contributed by atoms with Crippen LogP contribution in [0.5, 0.6) is 0 Å². The normalized spacial score (nSPS) is 11.7. The predicted molar refractivity (Wildman–Crippen MR) is 62.4 cm³/mol. The van der Waals surface area contributed by atoms with Gasteiger partial charge in [0.25, 0.3) is 0 Å². The molecule has 6 heteroatoms. The van der Waals surface area contributed by atoms with Crippen LogP contribution in [0.3, 0.4) is 0 Å². The molecule has 0 atom stereocenters. The summed E-state index contributed by atoms with van der Waals surface area (Å²) in [6, 6.07) is 0. The van der Waals surface area contributed by atoms with E-state index in [1.54, 1.807) is 19.6 Å². The van der Waals surface area contributed by atoms with Crippen LogP contribution in [0, 0.1) is 17.5 Å². The predicted octanol–water partition coefficient (Wildman–Crippen LogP) is 3.22. The van der Waals surface area contributed by atoms with Crippen molar-refractivity contribution in [3.63, 3.8) is 0 Å². The molecule has 1 rings (SSSR count). The minimum Gasteiger partial charge on any atom is -0.298 e. The quantitative estimate of drug-likeness (QED) is 0.466. The summed E-state index contributed by atoms with van der Waals surface area (Å²) >= 11 is 2.78. The van der Waals surface area contributed by atoms with Crippen LogP contribution >= 0.6 is 15.9 Å². The minimum absolute atomic E-state index is 0.0968. The molecule has 0 aliphatic heterocycles. The number of aldehydes is 1. The van der Waals surface area contributed by atoms with Crippen LogP contribution in [0.1, 0.15) is 10.4 Å². The molecule has 0 aromatic heterocycles. The van der Waals surface area contributed by atoms with E-state index in [9.17, 15) is 18.0 Å². The second-order valence-electron chi connectivity index (χ2n) is 4.41.